The van der Waals surface area contributed by atoms with Crippen LogP contribution >= 0.6 is 0 Å². The van der Waals surface area contributed by atoms with Crippen molar-refractivity contribution in [3.63, 3.8) is 0 Å². The molecule has 0 bridgehead atoms. The summed E-state index contributed by atoms with van der Waals surface area (Å²) in [5.41, 5.74) is 2.07. The van der Waals surface area contributed by atoms with Crippen LogP contribution in [0.25, 0.3) is 16.8 Å². The molecule has 0 aliphatic carbocycles. The number of rotatable bonds is 6. The van der Waals surface area contributed by atoms with Gasteiger partial charge in [-0.1, -0.05) is 0 Å². The van der Waals surface area contributed by atoms with Crippen molar-refractivity contribution in [1.29, 1.82) is 0 Å². The smallest absolute Gasteiger partial charge is 0.255 e. The highest BCUT2D eigenvalue weighted by Gasteiger charge is 2.15. The van der Waals surface area contributed by atoms with Gasteiger partial charge >= 0.3 is 0 Å². The highest BCUT2D eigenvalue weighted by molar-refractivity contribution is 7.91. The van der Waals surface area contributed by atoms with E-state index in [1.54, 1.807) is 27.8 Å². The molecule has 3 rings (SSSR count). The lowest BCUT2D eigenvalue weighted by Crippen LogP contribution is -2.14. The maximum Gasteiger partial charge on any atom is 0.255 e. The number of sulfonamides is 1. The van der Waals surface area contributed by atoms with E-state index in [1.165, 1.54) is 0 Å². The summed E-state index contributed by atoms with van der Waals surface area (Å²) in [5.74, 6) is 0.00167. The number of nitrogens with one attached hydrogen (secondary N) is 1. The van der Waals surface area contributed by atoms with E-state index in [4.69, 9.17) is 4.74 Å². The van der Waals surface area contributed by atoms with Gasteiger partial charge in [0, 0.05) is 24.6 Å². The molecule has 0 saturated heterocycles. The van der Waals surface area contributed by atoms with Crippen LogP contribution in [0.4, 0.5) is 5.95 Å². The van der Waals surface area contributed by atoms with Gasteiger partial charge in [-0.3, -0.25) is 4.72 Å². The van der Waals surface area contributed by atoms with Crippen LogP contribution in [-0.4, -0.2) is 45.7 Å². The molecule has 1 atom stereocenters. The third-order valence-corrected chi connectivity index (χ3v) is 3.88. The Morgan fingerprint density at radius 2 is 2.21 bits per heavy atom. The molecule has 10 heteroatoms. The lowest BCUT2D eigenvalue weighted by atomic mass is 10.2. The van der Waals surface area contributed by atoms with E-state index >= 15 is 0 Å². The van der Waals surface area contributed by atoms with E-state index in [0.717, 1.165) is 17.3 Å². The topological polar surface area (TPSA) is 103 Å². The van der Waals surface area contributed by atoms with Crippen LogP contribution in [0.2, 0.25) is 0 Å². The van der Waals surface area contributed by atoms with Crippen LogP contribution < -0.4 is 4.72 Å². The van der Waals surface area contributed by atoms with Gasteiger partial charge in [-0.25, -0.2) is 22.6 Å². The summed E-state index contributed by atoms with van der Waals surface area (Å²) >= 11 is 0. The minimum Gasteiger partial charge on any atom is -0.357 e. The number of fused-ring (bicyclic) bond motifs is 1. The molecular formula is C14H18N6O3S. The molecule has 0 radical (unpaired) electrons. The normalized spacial score (nSPS) is 13.3. The first-order chi connectivity index (χ1) is 11.4. The number of hydrogen-bond donors (Lipinski definition) is 1. The Morgan fingerprint density at radius 3 is 2.92 bits per heavy atom. The van der Waals surface area contributed by atoms with Gasteiger partial charge in [-0.15, -0.1) is 5.10 Å². The van der Waals surface area contributed by atoms with Gasteiger partial charge < -0.3 is 4.74 Å². The summed E-state index contributed by atoms with van der Waals surface area (Å²) in [6, 6.07) is 3.66. The highest BCUT2D eigenvalue weighted by atomic mass is 32.2. The van der Waals surface area contributed by atoms with Crippen molar-refractivity contribution in [2.45, 2.75) is 20.1 Å². The van der Waals surface area contributed by atoms with Crippen LogP contribution in [0.3, 0.4) is 0 Å². The van der Waals surface area contributed by atoms with Crippen molar-refractivity contribution >= 4 is 21.5 Å². The van der Waals surface area contributed by atoms with E-state index in [2.05, 4.69) is 19.9 Å². The summed E-state index contributed by atoms with van der Waals surface area (Å²) in [5, 5.41) is 8.43. The Kier molecular flexibility index (Phi) is 4.24. The average Bonchev–Trinajstić information content (AvgIpc) is 3.14. The van der Waals surface area contributed by atoms with E-state index < -0.39 is 10.0 Å². The monoisotopic (exact) mass is 350 g/mol. The molecule has 0 spiro atoms. The quantitative estimate of drug-likeness (QED) is 0.723. The minimum atomic E-state index is -3.47. The van der Waals surface area contributed by atoms with Crippen molar-refractivity contribution in [3.8, 4) is 11.3 Å². The molecule has 3 heterocycles. The second-order valence-electron chi connectivity index (χ2n) is 5.26. The molecule has 0 amide bonds. The molecule has 128 valence electrons. The molecule has 9 nitrogen and oxygen atoms in total. The van der Waals surface area contributed by atoms with Gasteiger partial charge in [-0.05, 0) is 26.0 Å². The van der Waals surface area contributed by atoms with Crippen molar-refractivity contribution in [2.24, 2.45) is 0 Å². The van der Waals surface area contributed by atoms with E-state index in [9.17, 15) is 8.42 Å². The predicted octanol–water partition coefficient (Wildman–Crippen LogP) is 1.52. The van der Waals surface area contributed by atoms with Crippen LogP contribution in [0.5, 0.6) is 0 Å². The van der Waals surface area contributed by atoms with Gasteiger partial charge in [0.05, 0.1) is 18.0 Å². The lowest BCUT2D eigenvalue weighted by Gasteiger charge is -2.11. The standard InChI is InChI=1S/C14H18N6O3S/c1-4-23-10(2)20-9-11(8-15-20)13-12-6-5-7-19(12)17-14(16-13)18-24(3,21)22/h5-10H,4H2,1-3H3,(H,17,18). The largest absolute Gasteiger partial charge is 0.357 e. The third kappa shape index (κ3) is 3.39. The molecular weight excluding hydrogens is 332 g/mol. The molecule has 1 N–H and O–H groups in total. The van der Waals surface area contributed by atoms with E-state index in [0.29, 0.717) is 12.3 Å². The summed E-state index contributed by atoms with van der Waals surface area (Å²) in [6.45, 7) is 4.39. The molecule has 0 aliphatic heterocycles. The second-order valence-corrected chi connectivity index (χ2v) is 7.01. The van der Waals surface area contributed by atoms with Crippen molar-refractivity contribution in [2.75, 3.05) is 17.6 Å². The van der Waals surface area contributed by atoms with E-state index in [1.807, 2.05) is 26.0 Å². The maximum absolute atomic E-state index is 11.5. The molecule has 0 fully saturated rings. The summed E-state index contributed by atoms with van der Waals surface area (Å²) < 4.78 is 34.0. The van der Waals surface area contributed by atoms with Crippen molar-refractivity contribution in [1.82, 2.24) is 24.4 Å². The van der Waals surface area contributed by atoms with E-state index in [-0.39, 0.29) is 12.2 Å². The lowest BCUT2D eigenvalue weighted by molar-refractivity contribution is 0.0160. The van der Waals surface area contributed by atoms with Crippen LogP contribution in [-0.2, 0) is 14.8 Å². The zero-order valence-corrected chi connectivity index (χ0v) is 14.4. The van der Waals surface area contributed by atoms with Gasteiger partial charge in [0.1, 0.15) is 11.9 Å². The predicted molar refractivity (Wildman–Crippen MR) is 89.0 cm³/mol. The maximum atomic E-state index is 11.5. The van der Waals surface area contributed by atoms with Gasteiger partial charge in [0.2, 0.25) is 10.0 Å². The summed E-state index contributed by atoms with van der Waals surface area (Å²) in [7, 11) is -3.47. The molecule has 24 heavy (non-hydrogen) atoms. The molecule has 1 unspecified atom stereocenters. The average molecular weight is 350 g/mol. The molecule has 0 saturated carbocycles. The zero-order valence-electron chi connectivity index (χ0n) is 13.5. The van der Waals surface area contributed by atoms with Crippen molar-refractivity contribution < 1.29 is 13.2 Å². The fraction of sp³-hybridized carbons (Fsp3) is 0.357. The number of ether oxygens (including phenoxy) is 1. The van der Waals surface area contributed by atoms with Gasteiger partial charge in [-0.2, -0.15) is 5.10 Å². The summed E-state index contributed by atoms with van der Waals surface area (Å²) in [6.07, 6.45) is 6.04. The minimum absolute atomic E-state index is 0.00167. The molecule has 3 aromatic rings. The Bertz CT molecular complexity index is 962. The fourth-order valence-corrected chi connectivity index (χ4v) is 2.75. The zero-order chi connectivity index (χ0) is 17.3. The first-order valence-electron chi connectivity index (χ1n) is 7.36. The first-order valence-corrected chi connectivity index (χ1v) is 9.26. The van der Waals surface area contributed by atoms with Gasteiger partial charge in [0.25, 0.3) is 5.95 Å². The van der Waals surface area contributed by atoms with Crippen LogP contribution in [0.1, 0.15) is 20.1 Å². The van der Waals surface area contributed by atoms with Crippen LogP contribution in [0.15, 0.2) is 30.7 Å². The fourth-order valence-electron chi connectivity index (χ4n) is 2.33. The number of nitrogens with zero attached hydrogens (tertiary/aromatic N) is 5. The Hall–Kier alpha value is -2.46. The second kappa shape index (κ2) is 6.21. The molecule has 3 aromatic heterocycles. The number of anilines is 1. The Morgan fingerprint density at radius 1 is 1.42 bits per heavy atom. The first kappa shape index (κ1) is 16.4. The Labute approximate surface area is 139 Å². The van der Waals surface area contributed by atoms with Crippen molar-refractivity contribution in [3.05, 3.63) is 30.7 Å². The third-order valence-electron chi connectivity index (χ3n) is 3.32. The van der Waals surface area contributed by atoms with Crippen LogP contribution in [0, 0.1) is 0 Å². The Balaban J connectivity index is 2.06. The molecule has 0 aliphatic rings. The molecule has 0 aromatic carbocycles. The highest BCUT2D eigenvalue weighted by Crippen LogP contribution is 2.24. The summed E-state index contributed by atoms with van der Waals surface area (Å²) in [4.78, 5) is 4.33. The number of hydrogen-bond acceptors (Lipinski definition) is 6. The SMILES string of the molecule is CCOC(C)n1cc(-c2nc(NS(C)(=O)=O)nn3cccc23)cn1. The van der Waals surface area contributed by atoms with Gasteiger partial charge in [0.15, 0.2) is 0 Å². The number of aromatic nitrogens is 5.